The van der Waals surface area contributed by atoms with Crippen LogP contribution < -0.4 is 4.74 Å². The molecule has 0 unspecified atom stereocenters. The summed E-state index contributed by atoms with van der Waals surface area (Å²) in [5.41, 5.74) is 1.04. The first-order valence-electron chi connectivity index (χ1n) is 7.73. The first-order valence-corrected chi connectivity index (χ1v) is 8.27. The monoisotopic (exact) mass is 309 g/mol. The lowest BCUT2D eigenvalue weighted by Gasteiger charge is -2.31. The minimum Gasteiger partial charge on any atom is -0.496 e. The topological polar surface area (TPSA) is 29.5 Å². The van der Waals surface area contributed by atoms with Gasteiger partial charge in [0, 0.05) is 18.2 Å². The van der Waals surface area contributed by atoms with Gasteiger partial charge in [-0.3, -0.25) is 4.79 Å². The summed E-state index contributed by atoms with van der Waals surface area (Å²) in [5, 5.41) is 0. The van der Waals surface area contributed by atoms with Gasteiger partial charge in [-0.25, -0.2) is 0 Å². The summed E-state index contributed by atoms with van der Waals surface area (Å²) in [6.45, 7) is 0.584. The third-order valence-corrected chi connectivity index (χ3v) is 4.46. The fraction of sp³-hybridized carbons (Fsp3) is 0.588. The van der Waals surface area contributed by atoms with E-state index in [2.05, 4.69) is 0 Å². The lowest BCUT2D eigenvalue weighted by molar-refractivity contribution is -0.131. The molecule has 0 aromatic heterocycles. The van der Waals surface area contributed by atoms with Crippen molar-refractivity contribution in [3.05, 3.63) is 29.8 Å². The molecule has 0 aliphatic heterocycles. The Balaban J connectivity index is 2.17. The Morgan fingerprint density at radius 3 is 2.52 bits per heavy atom. The summed E-state index contributed by atoms with van der Waals surface area (Å²) in [5.74, 6) is 0.902. The van der Waals surface area contributed by atoms with Gasteiger partial charge in [-0.05, 0) is 18.9 Å². The molecule has 1 aliphatic rings. The van der Waals surface area contributed by atoms with E-state index in [9.17, 15) is 4.79 Å². The van der Waals surface area contributed by atoms with E-state index in [1.165, 1.54) is 25.7 Å². The Morgan fingerprint density at radius 2 is 1.90 bits per heavy atom. The maximum Gasteiger partial charge on any atom is 0.238 e. The maximum absolute atomic E-state index is 12.3. The number of para-hydroxylation sites is 1. The van der Waals surface area contributed by atoms with Gasteiger partial charge in [-0.15, -0.1) is 11.6 Å². The van der Waals surface area contributed by atoms with Gasteiger partial charge >= 0.3 is 0 Å². The van der Waals surface area contributed by atoms with Crippen molar-refractivity contribution in [3.8, 4) is 5.75 Å². The standard InChI is InChI=1S/C17H24ClNO2/c1-21-16-11-7-6-8-14(16)13-19(17(20)12-18)15-9-4-2-3-5-10-15/h6-8,11,15H,2-5,9-10,12-13H2,1H3. The lowest BCUT2D eigenvalue weighted by atomic mass is 10.1. The lowest BCUT2D eigenvalue weighted by Crippen LogP contribution is -2.40. The first kappa shape index (κ1) is 16.2. The molecule has 2 rings (SSSR count). The van der Waals surface area contributed by atoms with Crippen LogP contribution in [0.4, 0.5) is 0 Å². The molecule has 116 valence electrons. The van der Waals surface area contributed by atoms with E-state index in [0.717, 1.165) is 24.2 Å². The number of carbonyl (C=O) groups is 1. The first-order chi connectivity index (χ1) is 10.3. The highest BCUT2D eigenvalue weighted by Gasteiger charge is 2.25. The van der Waals surface area contributed by atoms with Crippen molar-refractivity contribution in [2.75, 3.05) is 13.0 Å². The van der Waals surface area contributed by atoms with E-state index in [4.69, 9.17) is 16.3 Å². The minimum absolute atomic E-state index is 0.0227. The van der Waals surface area contributed by atoms with Gasteiger partial charge in [-0.1, -0.05) is 43.9 Å². The molecule has 0 bridgehead atoms. The molecule has 0 saturated heterocycles. The Morgan fingerprint density at radius 1 is 1.24 bits per heavy atom. The molecule has 1 aliphatic carbocycles. The number of benzene rings is 1. The van der Waals surface area contributed by atoms with Gasteiger partial charge in [0.25, 0.3) is 0 Å². The van der Waals surface area contributed by atoms with Gasteiger partial charge in [0.15, 0.2) is 0 Å². The average molecular weight is 310 g/mol. The Labute approximate surface area is 132 Å². The molecule has 3 nitrogen and oxygen atoms in total. The quantitative estimate of drug-likeness (QED) is 0.608. The summed E-state index contributed by atoms with van der Waals surface area (Å²) in [4.78, 5) is 14.2. The zero-order valence-corrected chi connectivity index (χ0v) is 13.4. The van der Waals surface area contributed by atoms with Gasteiger partial charge in [0.2, 0.25) is 5.91 Å². The largest absolute Gasteiger partial charge is 0.496 e. The van der Waals surface area contributed by atoms with Crippen LogP contribution in [0.1, 0.15) is 44.1 Å². The van der Waals surface area contributed by atoms with Crippen LogP contribution in [-0.4, -0.2) is 29.8 Å². The Hall–Kier alpha value is -1.22. The normalized spacial score (nSPS) is 16.3. The number of nitrogens with zero attached hydrogens (tertiary/aromatic N) is 1. The van der Waals surface area contributed by atoms with Crippen LogP contribution in [0.2, 0.25) is 0 Å². The van der Waals surface area contributed by atoms with Crippen LogP contribution >= 0.6 is 11.6 Å². The van der Waals surface area contributed by atoms with Crippen molar-refractivity contribution in [2.24, 2.45) is 0 Å². The van der Waals surface area contributed by atoms with Crippen LogP contribution in [-0.2, 0) is 11.3 Å². The molecule has 1 aromatic rings. The van der Waals surface area contributed by atoms with Gasteiger partial charge in [0.1, 0.15) is 11.6 Å². The zero-order chi connectivity index (χ0) is 15.1. The molecule has 21 heavy (non-hydrogen) atoms. The minimum atomic E-state index is 0.0227. The summed E-state index contributed by atoms with van der Waals surface area (Å²) >= 11 is 5.82. The number of hydrogen-bond acceptors (Lipinski definition) is 2. The van der Waals surface area contributed by atoms with E-state index in [1.807, 2.05) is 29.2 Å². The van der Waals surface area contributed by atoms with E-state index in [-0.39, 0.29) is 11.8 Å². The van der Waals surface area contributed by atoms with Crippen LogP contribution in [0.3, 0.4) is 0 Å². The predicted octanol–water partition coefficient (Wildman–Crippen LogP) is 3.99. The predicted molar refractivity (Wildman–Crippen MR) is 85.8 cm³/mol. The summed E-state index contributed by atoms with van der Waals surface area (Å²) < 4.78 is 5.40. The molecule has 1 aromatic carbocycles. The molecule has 0 radical (unpaired) electrons. The third-order valence-electron chi connectivity index (χ3n) is 4.23. The van der Waals surface area contributed by atoms with Crippen LogP contribution in [0.25, 0.3) is 0 Å². The number of rotatable bonds is 5. The molecule has 0 N–H and O–H groups in total. The van der Waals surface area contributed by atoms with Gasteiger partial charge in [0.05, 0.1) is 7.11 Å². The molecule has 0 heterocycles. The molecule has 0 spiro atoms. The summed E-state index contributed by atoms with van der Waals surface area (Å²) in [6, 6.07) is 8.19. The SMILES string of the molecule is COc1ccccc1CN(C(=O)CCl)C1CCCCCC1. The van der Waals surface area contributed by atoms with Crippen LogP contribution in [0.5, 0.6) is 5.75 Å². The number of alkyl halides is 1. The van der Waals surface area contributed by atoms with E-state index < -0.39 is 0 Å². The maximum atomic E-state index is 12.3. The van der Waals surface area contributed by atoms with Crippen molar-refractivity contribution in [1.82, 2.24) is 4.90 Å². The van der Waals surface area contributed by atoms with Gasteiger partial charge < -0.3 is 9.64 Å². The third kappa shape index (κ3) is 4.37. The Kier molecular flexibility index (Phi) is 6.37. The van der Waals surface area contributed by atoms with Crippen molar-refractivity contribution in [3.63, 3.8) is 0 Å². The number of carbonyl (C=O) groups excluding carboxylic acids is 1. The van der Waals surface area contributed by atoms with Gasteiger partial charge in [-0.2, -0.15) is 0 Å². The fourth-order valence-corrected chi connectivity index (χ4v) is 3.24. The zero-order valence-electron chi connectivity index (χ0n) is 12.7. The molecular weight excluding hydrogens is 286 g/mol. The van der Waals surface area contributed by atoms with Crippen molar-refractivity contribution in [1.29, 1.82) is 0 Å². The second-order valence-electron chi connectivity index (χ2n) is 5.61. The fourth-order valence-electron chi connectivity index (χ4n) is 3.08. The summed E-state index contributed by atoms with van der Waals surface area (Å²) in [7, 11) is 1.66. The number of amides is 1. The number of hydrogen-bond donors (Lipinski definition) is 0. The van der Waals surface area contributed by atoms with E-state index >= 15 is 0 Å². The van der Waals surface area contributed by atoms with Crippen LogP contribution in [0, 0.1) is 0 Å². The van der Waals surface area contributed by atoms with E-state index in [1.54, 1.807) is 7.11 Å². The average Bonchev–Trinajstić information content (AvgIpc) is 2.81. The number of halogens is 1. The number of methoxy groups -OCH3 is 1. The molecule has 1 fully saturated rings. The highest BCUT2D eigenvalue weighted by molar-refractivity contribution is 6.27. The molecular formula is C17H24ClNO2. The van der Waals surface area contributed by atoms with Crippen molar-refractivity contribution < 1.29 is 9.53 Å². The second kappa shape index (κ2) is 8.28. The van der Waals surface area contributed by atoms with Crippen molar-refractivity contribution >= 4 is 17.5 Å². The molecule has 0 atom stereocenters. The molecule has 4 heteroatoms. The second-order valence-corrected chi connectivity index (χ2v) is 5.88. The Bertz CT molecular complexity index is 456. The number of ether oxygens (including phenoxy) is 1. The van der Waals surface area contributed by atoms with Crippen molar-refractivity contribution in [2.45, 2.75) is 51.1 Å². The van der Waals surface area contributed by atoms with E-state index in [0.29, 0.717) is 12.6 Å². The molecule has 1 saturated carbocycles. The summed E-state index contributed by atoms with van der Waals surface area (Å²) in [6.07, 6.45) is 7.10. The smallest absolute Gasteiger partial charge is 0.238 e. The van der Waals surface area contributed by atoms with Crippen LogP contribution in [0.15, 0.2) is 24.3 Å². The highest BCUT2D eigenvalue weighted by Crippen LogP contribution is 2.26. The molecule has 1 amide bonds. The highest BCUT2D eigenvalue weighted by atomic mass is 35.5.